The molecule has 0 bridgehead atoms. The highest BCUT2D eigenvalue weighted by molar-refractivity contribution is 6.39. The molecule has 1 N–H and O–H groups in total. The summed E-state index contributed by atoms with van der Waals surface area (Å²) in [6.45, 7) is 4.29. The average Bonchev–Trinajstić information content (AvgIpc) is 2.90. The van der Waals surface area contributed by atoms with Gasteiger partial charge in [0.25, 0.3) is 5.91 Å². The van der Waals surface area contributed by atoms with Crippen LogP contribution < -0.4 is 5.43 Å². The molecule has 0 aromatic heterocycles. The normalized spacial score (nSPS) is 18.0. The number of hydrogen-bond donors (Lipinski definition) is 1. The van der Waals surface area contributed by atoms with E-state index in [0.717, 1.165) is 12.0 Å². The fourth-order valence-corrected chi connectivity index (χ4v) is 3.17. The summed E-state index contributed by atoms with van der Waals surface area (Å²) >= 11 is 0. The Morgan fingerprint density at radius 3 is 2.42 bits per heavy atom. The highest BCUT2D eigenvalue weighted by Gasteiger charge is 2.26. The summed E-state index contributed by atoms with van der Waals surface area (Å²) in [6, 6.07) is 7.98. The highest BCUT2D eigenvalue weighted by Crippen LogP contribution is 2.11. The van der Waals surface area contributed by atoms with Crippen LogP contribution in [0.25, 0.3) is 0 Å². The van der Waals surface area contributed by atoms with Gasteiger partial charge < -0.3 is 9.80 Å². The Kier molecular flexibility index (Phi) is 5.65. The van der Waals surface area contributed by atoms with Crippen molar-refractivity contribution in [3.8, 4) is 0 Å². The molecule has 0 atom stereocenters. The van der Waals surface area contributed by atoms with Crippen LogP contribution >= 0.6 is 0 Å². The Morgan fingerprint density at radius 2 is 1.73 bits per heavy atom. The lowest BCUT2D eigenvalue weighted by molar-refractivity contribution is -0.131. The Balaban J connectivity index is 1.55. The largest absolute Gasteiger partial charge is 0.341 e. The van der Waals surface area contributed by atoms with E-state index in [9.17, 15) is 14.4 Å². The van der Waals surface area contributed by atoms with E-state index >= 15 is 0 Å². The van der Waals surface area contributed by atoms with Gasteiger partial charge in [-0.25, -0.2) is 5.43 Å². The van der Waals surface area contributed by atoms with Crippen LogP contribution in [0.5, 0.6) is 0 Å². The molecule has 1 saturated heterocycles. The minimum absolute atomic E-state index is 0.0884. The monoisotopic (exact) mass is 356 g/mol. The van der Waals surface area contributed by atoms with Crippen molar-refractivity contribution < 1.29 is 14.4 Å². The molecule has 7 heteroatoms. The van der Waals surface area contributed by atoms with Crippen LogP contribution in [-0.2, 0) is 20.8 Å². The van der Waals surface area contributed by atoms with Crippen molar-refractivity contribution in [3.63, 3.8) is 0 Å². The first kappa shape index (κ1) is 18.1. The minimum Gasteiger partial charge on any atom is -0.341 e. The van der Waals surface area contributed by atoms with Gasteiger partial charge in [0.1, 0.15) is 5.71 Å². The molecule has 1 fully saturated rings. The van der Waals surface area contributed by atoms with Gasteiger partial charge in [0, 0.05) is 39.0 Å². The maximum atomic E-state index is 12.6. The third kappa shape index (κ3) is 4.47. The number of aryl methyl sites for hydroxylation is 1. The van der Waals surface area contributed by atoms with Gasteiger partial charge in [-0.2, -0.15) is 5.10 Å². The molecule has 0 spiro atoms. The summed E-state index contributed by atoms with van der Waals surface area (Å²) in [5.41, 5.74) is 4.93. The van der Waals surface area contributed by atoms with Gasteiger partial charge in [-0.15, -0.1) is 0 Å². The molecule has 3 amide bonds. The van der Waals surface area contributed by atoms with Crippen molar-refractivity contribution in [1.29, 1.82) is 0 Å². The van der Waals surface area contributed by atoms with E-state index in [2.05, 4.69) is 10.5 Å². The second-order valence-corrected chi connectivity index (χ2v) is 6.78. The van der Waals surface area contributed by atoms with E-state index in [0.29, 0.717) is 51.2 Å². The molecular weight excluding hydrogens is 332 g/mol. The maximum absolute atomic E-state index is 12.6. The first-order valence-corrected chi connectivity index (χ1v) is 9.01. The number of hydrogen-bond acceptors (Lipinski definition) is 4. The third-order valence-corrected chi connectivity index (χ3v) is 4.76. The minimum atomic E-state index is -0.162. The molecule has 3 rings (SSSR count). The van der Waals surface area contributed by atoms with Crippen LogP contribution in [0, 0.1) is 6.92 Å². The van der Waals surface area contributed by atoms with Crippen molar-refractivity contribution >= 4 is 23.4 Å². The number of carbonyl (C=O) groups excluding carboxylic acids is 3. The molecule has 0 aliphatic carbocycles. The molecule has 0 radical (unpaired) electrons. The van der Waals surface area contributed by atoms with Gasteiger partial charge in [-0.3, -0.25) is 14.4 Å². The van der Waals surface area contributed by atoms with Crippen LogP contribution in [0.3, 0.4) is 0 Å². The highest BCUT2D eigenvalue weighted by atomic mass is 16.2. The Labute approximate surface area is 153 Å². The molecule has 0 unspecified atom stereocenters. The molecule has 1 aromatic carbocycles. The SMILES string of the molecule is Cc1ccc(CC(=O)N2CCCN(C(=O)C3=NNC(=O)CC3)CC2)cc1. The second kappa shape index (κ2) is 8.12. The van der Waals surface area contributed by atoms with Gasteiger partial charge >= 0.3 is 0 Å². The van der Waals surface area contributed by atoms with Crippen LogP contribution in [-0.4, -0.2) is 59.4 Å². The number of nitrogens with zero attached hydrogens (tertiary/aromatic N) is 3. The number of rotatable bonds is 3. The summed E-state index contributed by atoms with van der Waals surface area (Å²) in [4.78, 5) is 39.8. The number of amides is 3. The molecule has 2 heterocycles. The van der Waals surface area contributed by atoms with Gasteiger partial charge in [0.05, 0.1) is 6.42 Å². The third-order valence-electron chi connectivity index (χ3n) is 4.76. The number of carbonyl (C=O) groups is 3. The first-order valence-electron chi connectivity index (χ1n) is 9.01. The molecule has 1 aromatic rings. The summed E-state index contributed by atoms with van der Waals surface area (Å²) in [5.74, 6) is -0.214. The molecule has 138 valence electrons. The van der Waals surface area contributed by atoms with Crippen LogP contribution in [0.2, 0.25) is 0 Å². The molecule has 7 nitrogen and oxygen atoms in total. The zero-order chi connectivity index (χ0) is 18.5. The summed E-state index contributed by atoms with van der Waals surface area (Å²) in [7, 11) is 0. The lowest BCUT2D eigenvalue weighted by atomic mass is 10.1. The zero-order valence-corrected chi connectivity index (χ0v) is 15.0. The Hall–Kier alpha value is -2.70. The quantitative estimate of drug-likeness (QED) is 0.872. The van der Waals surface area contributed by atoms with E-state index in [4.69, 9.17) is 0 Å². The van der Waals surface area contributed by atoms with E-state index < -0.39 is 0 Å². The zero-order valence-electron chi connectivity index (χ0n) is 15.0. The van der Waals surface area contributed by atoms with Crippen LogP contribution in [0.1, 0.15) is 30.4 Å². The molecule has 0 saturated carbocycles. The number of benzene rings is 1. The van der Waals surface area contributed by atoms with Crippen molar-refractivity contribution in [2.45, 2.75) is 32.6 Å². The summed E-state index contributed by atoms with van der Waals surface area (Å²) in [6.07, 6.45) is 1.79. The molecule has 26 heavy (non-hydrogen) atoms. The molecule has 2 aliphatic heterocycles. The van der Waals surface area contributed by atoms with Gasteiger partial charge in [0.15, 0.2) is 0 Å². The van der Waals surface area contributed by atoms with E-state index in [1.165, 1.54) is 5.56 Å². The van der Waals surface area contributed by atoms with Gasteiger partial charge in [0.2, 0.25) is 11.8 Å². The number of hydrazone groups is 1. The van der Waals surface area contributed by atoms with Gasteiger partial charge in [-0.1, -0.05) is 29.8 Å². The first-order chi connectivity index (χ1) is 12.5. The fourth-order valence-electron chi connectivity index (χ4n) is 3.17. The van der Waals surface area contributed by atoms with Crippen molar-refractivity contribution in [3.05, 3.63) is 35.4 Å². The smallest absolute Gasteiger partial charge is 0.270 e. The summed E-state index contributed by atoms with van der Waals surface area (Å²) < 4.78 is 0. The molecular formula is C19H24N4O3. The maximum Gasteiger partial charge on any atom is 0.270 e. The van der Waals surface area contributed by atoms with E-state index in [1.54, 1.807) is 4.90 Å². The lowest BCUT2D eigenvalue weighted by Gasteiger charge is -2.23. The van der Waals surface area contributed by atoms with Crippen molar-refractivity contribution in [1.82, 2.24) is 15.2 Å². The van der Waals surface area contributed by atoms with E-state index in [-0.39, 0.29) is 17.7 Å². The topological polar surface area (TPSA) is 82.1 Å². The predicted octanol–water partition coefficient (Wildman–Crippen LogP) is 0.864. The Bertz CT molecular complexity index is 727. The second-order valence-electron chi connectivity index (χ2n) is 6.78. The van der Waals surface area contributed by atoms with Crippen LogP contribution in [0.15, 0.2) is 29.4 Å². The average molecular weight is 356 g/mol. The Morgan fingerprint density at radius 1 is 1.04 bits per heavy atom. The lowest BCUT2D eigenvalue weighted by Crippen LogP contribution is -2.42. The van der Waals surface area contributed by atoms with Crippen LogP contribution in [0.4, 0.5) is 0 Å². The standard InChI is InChI=1S/C19H24N4O3/c1-14-3-5-15(6-4-14)13-18(25)22-9-2-10-23(12-11-22)19(26)16-7-8-17(24)21-20-16/h3-6H,2,7-13H2,1H3,(H,21,24). The van der Waals surface area contributed by atoms with Crippen molar-refractivity contribution in [2.75, 3.05) is 26.2 Å². The van der Waals surface area contributed by atoms with Gasteiger partial charge in [-0.05, 0) is 18.9 Å². The fraction of sp³-hybridized carbons (Fsp3) is 0.474. The summed E-state index contributed by atoms with van der Waals surface area (Å²) in [5, 5.41) is 3.88. The number of nitrogens with one attached hydrogen (secondary N) is 1. The predicted molar refractivity (Wildman–Crippen MR) is 97.5 cm³/mol. The van der Waals surface area contributed by atoms with E-state index in [1.807, 2.05) is 36.1 Å². The molecule has 2 aliphatic rings. The van der Waals surface area contributed by atoms with Crippen molar-refractivity contribution in [2.24, 2.45) is 5.10 Å².